The molecule has 204 valence electrons. The van der Waals surface area contributed by atoms with Crippen molar-refractivity contribution < 1.29 is 44.0 Å². The first-order valence-corrected chi connectivity index (χ1v) is 12.3. The van der Waals surface area contributed by atoms with Crippen molar-refractivity contribution in [3.63, 3.8) is 0 Å². The van der Waals surface area contributed by atoms with Crippen molar-refractivity contribution >= 4 is 15.9 Å². The quantitative estimate of drug-likeness (QED) is 0.476. The molecule has 2 heterocycles. The summed E-state index contributed by atoms with van der Waals surface area (Å²) in [7, 11) is -4.46. The van der Waals surface area contributed by atoms with Gasteiger partial charge in [-0.15, -0.1) is 5.10 Å². The van der Waals surface area contributed by atoms with Crippen molar-refractivity contribution in [3.8, 4) is 11.5 Å². The fourth-order valence-electron chi connectivity index (χ4n) is 3.81. The Balaban J connectivity index is 1.49. The number of nitrogens with zero attached hydrogens (tertiary/aromatic N) is 3. The molecule has 0 atom stereocenters. The van der Waals surface area contributed by atoms with Gasteiger partial charge in [0, 0.05) is 31.7 Å². The van der Waals surface area contributed by atoms with Crippen molar-refractivity contribution in [1.82, 2.24) is 19.4 Å². The van der Waals surface area contributed by atoms with Gasteiger partial charge in [-0.3, -0.25) is 4.79 Å². The minimum Gasteiger partial charge on any atom is -0.388 e. The van der Waals surface area contributed by atoms with Crippen LogP contribution in [0, 0.1) is 0 Å². The number of amides is 1. The van der Waals surface area contributed by atoms with Gasteiger partial charge in [0.15, 0.2) is 0 Å². The Morgan fingerprint density at radius 1 is 0.921 bits per heavy atom. The highest BCUT2D eigenvalue weighted by atomic mass is 32.2. The number of hydrogen-bond acceptors (Lipinski definition) is 6. The molecule has 0 unspecified atom stereocenters. The lowest BCUT2D eigenvalue weighted by Gasteiger charge is -2.34. The van der Waals surface area contributed by atoms with E-state index in [-0.39, 0.29) is 38.2 Å². The number of rotatable bonds is 5. The van der Waals surface area contributed by atoms with Crippen LogP contribution in [0.25, 0.3) is 11.5 Å². The number of carbonyl (C=O) groups is 1. The zero-order valence-electron chi connectivity index (χ0n) is 19.1. The number of aromatic amines is 1. The van der Waals surface area contributed by atoms with Crippen molar-refractivity contribution in [1.29, 1.82) is 0 Å². The highest BCUT2D eigenvalue weighted by Crippen LogP contribution is 2.35. The van der Waals surface area contributed by atoms with Crippen molar-refractivity contribution in [2.75, 3.05) is 26.2 Å². The number of benzene rings is 2. The molecule has 1 amide bonds. The van der Waals surface area contributed by atoms with E-state index in [1.165, 1.54) is 17.0 Å². The topological polar surface area (TPSA) is 117 Å². The Kier molecular flexibility index (Phi) is 7.13. The largest absolute Gasteiger partial charge is 0.434 e. The molecule has 0 bridgehead atoms. The monoisotopic (exact) mass is 564 g/mol. The maximum atomic E-state index is 13.5. The normalized spacial score (nSPS) is 15.6. The van der Waals surface area contributed by atoms with Crippen LogP contribution in [-0.2, 0) is 33.6 Å². The van der Waals surface area contributed by atoms with Gasteiger partial charge in [0.1, 0.15) is 0 Å². The highest BCUT2D eigenvalue weighted by molar-refractivity contribution is 7.89. The molecule has 0 spiro atoms. The Morgan fingerprint density at radius 2 is 1.53 bits per heavy atom. The molecule has 1 aromatic heterocycles. The summed E-state index contributed by atoms with van der Waals surface area (Å²) in [4.78, 5) is 24.4. The molecule has 1 N–H and O–H groups in total. The Hall–Kier alpha value is -3.66. The lowest BCUT2D eigenvalue weighted by atomic mass is 10.1. The van der Waals surface area contributed by atoms with Gasteiger partial charge >= 0.3 is 18.1 Å². The van der Waals surface area contributed by atoms with Gasteiger partial charge in [0.2, 0.25) is 21.8 Å². The van der Waals surface area contributed by atoms with E-state index in [2.05, 4.69) is 9.52 Å². The predicted octanol–water partition coefficient (Wildman–Crippen LogP) is 3.14. The second kappa shape index (κ2) is 9.90. The molecule has 0 aliphatic carbocycles. The summed E-state index contributed by atoms with van der Waals surface area (Å²) in [5.41, 5.74) is -2.22. The molecule has 1 aliphatic rings. The van der Waals surface area contributed by atoms with E-state index in [0.717, 1.165) is 22.5 Å². The van der Waals surface area contributed by atoms with Gasteiger partial charge < -0.3 is 9.32 Å². The van der Waals surface area contributed by atoms with Crippen LogP contribution in [-0.4, -0.2) is 59.9 Å². The number of H-pyrrole nitrogens is 1. The maximum absolute atomic E-state index is 13.5. The zero-order chi connectivity index (χ0) is 27.9. The number of alkyl halides is 6. The Morgan fingerprint density at radius 3 is 2.05 bits per heavy atom. The van der Waals surface area contributed by atoms with Crippen LogP contribution >= 0.6 is 0 Å². The highest BCUT2D eigenvalue weighted by Gasteiger charge is 2.36. The van der Waals surface area contributed by atoms with E-state index in [0.29, 0.717) is 17.7 Å². The third-order valence-corrected chi connectivity index (χ3v) is 7.66. The fraction of sp³-hybridized carbons (Fsp3) is 0.318. The van der Waals surface area contributed by atoms with Crippen LogP contribution in [0.4, 0.5) is 26.3 Å². The first-order valence-electron chi connectivity index (χ1n) is 10.9. The minimum atomic E-state index is -4.92. The third kappa shape index (κ3) is 5.91. The summed E-state index contributed by atoms with van der Waals surface area (Å²) in [6.45, 7) is -0.633. The molecule has 38 heavy (non-hydrogen) atoms. The van der Waals surface area contributed by atoms with Gasteiger partial charge in [-0.05, 0) is 35.9 Å². The van der Waals surface area contributed by atoms with Gasteiger partial charge in [-0.1, -0.05) is 12.1 Å². The number of aromatic nitrogens is 2. The molecule has 1 saturated heterocycles. The van der Waals surface area contributed by atoms with Crippen LogP contribution in [0.1, 0.15) is 16.7 Å². The summed E-state index contributed by atoms with van der Waals surface area (Å²) in [5.74, 6) is -2.02. The summed E-state index contributed by atoms with van der Waals surface area (Å²) in [6, 6.07) is 5.99. The average Bonchev–Trinajstić information content (AvgIpc) is 3.29. The van der Waals surface area contributed by atoms with Crippen LogP contribution < -0.4 is 5.76 Å². The van der Waals surface area contributed by atoms with Crippen LogP contribution in [0.15, 0.2) is 56.6 Å². The lowest BCUT2D eigenvalue weighted by Crippen LogP contribution is -2.50. The van der Waals surface area contributed by atoms with E-state index < -0.39 is 56.0 Å². The van der Waals surface area contributed by atoms with Crippen molar-refractivity contribution in [3.05, 3.63) is 69.7 Å². The summed E-state index contributed by atoms with van der Waals surface area (Å²) in [6.07, 6.45) is -9.65. The van der Waals surface area contributed by atoms with Crippen LogP contribution in [0.2, 0.25) is 0 Å². The molecular formula is C22H18F6N4O5S. The molecule has 4 rings (SSSR count). The molecule has 1 aliphatic heterocycles. The number of halogens is 6. The Labute approximate surface area is 210 Å². The van der Waals surface area contributed by atoms with E-state index in [9.17, 15) is 44.3 Å². The molecule has 1 fully saturated rings. The minimum absolute atomic E-state index is 0.0846. The summed E-state index contributed by atoms with van der Waals surface area (Å²) < 4.78 is 110. The molecule has 3 aromatic rings. The lowest BCUT2D eigenvalue weighted by molar-refractivity contribution is -0.138. The van der Waals surface area contributed by atoms with Crippen molar-refractivity contribution in [2.45, 2.75) is 23.7 Å². The number of carbonyl (C=O) groups excluding carboxylic acids is 1. The van der Waals surface area contributed by atoms with Gasteiger partial charge in [0.05, 0.1) is 22.4 Å². The van der Waals surface area contributed by atoms with Crippen LogP contribution in [0.3, 0.4) is 0 Å². The van der Waals surface area contributed by atoms with E-state index in [1.54, 1.807) is 0 Å². The van der Waals surface area contributed by atoms with E-state index >= 15 is 0 Å². The van der Waals surface area contributed by atoms with Crippen LogP contribution in [0.5, 0.6) is 0 Å². The molecule has 9 nitrogen and oxygen atoms in total. The van der Waals surface area contributed by atoms with Gasteiger partial charge in [-0.2, -0.15) is 30.6 Å². The van der Waals surface area contributed by atoms with Gasteiger partial charge in [0.25, 0.3) is 0 Å². The first kappa shape index (κ1) is 27.4. The molecular weight excluding hydrogens is 546 g/mol. The second-order valence-corrected chi connectivity index (χ2v) is 10.3. The number of piperazine rings is 1. The number of nitrogens with one attached hydrogen (secondary N) is 1. The SMILES string of the molecule is O=C(Cc1ccc(C(F)(F)F)cc1)N1CCN(S(=O)(=O)c2cc(-c3n[nH]c(=O)o3)cc(C(F)(F)F)c2)CC1. The predicted molar refractivity (Wildman–Crippen MR) is 118 cm³/mol. The number of sulfonamides is 1. The smallest absolute Gasteiger partial charge is 0.388 e. The Bertz CT molecular complexity index is 1490. The molecule has 0 saturated carbocycles. The third-order valence-electron chi connectivity index (χ3n) is 5.78. The molecule has 16 heteroatoms. The summed E-state index contributed by atoms with van der Waals surface area (Å²) >= 11 is 0. The first-order chi connectivity index (χ1) is 17.6. The van der Waals surface area contributed by atoms with Gasteiger partial charge in [-0.25, -0.2) is 18.3 Å². The average molecular weight is 564 g/mol. The molecule has 2 aromatic carbocycles. The van der Waals surface area contributed by atoms with E-state index in [1.807, 2.05) is 5.10 Å². The standard InChI is InChI=1S/C22H18F6N4O5S/c23-21(24,25)15-3-1-13(2-4-15)9-18(33)31-5-7-32(8-6-31)38(35,36)17-11-14(19-29-30-20(34)37-19)10-16(12-17)22(26,27)28/h1-4,10-12H,5-9H2,(H,30,34). The maximum Gasteiger partial charge on any atom is 0.434 e. The molecule has 0 radical (unpaired) electrons. The second-order valence-electron chi connectivity index (χ2n) is 8.32. The zero-order valence-corrected chi connectivity index (χ0v) is 20.0. The van der Waals surface area contributed by atoms with Crippen molar-refractivity contribution in [2.24, 2.45) is 0 Å². The fourth-order valence-corrected chi connectivity index (χ4v) is 5.31. The summed E-state index contributed by atoms with van der Waals surface area (Å²) in [5, 5.41) is 5.33. The number of hydrogen-bond donors (Lipinski definition) is 1. The van der Waals surface area contributed by atoms with E-state index in [4.69, 9.17) is 0 Å².